The molecule has 3 rings (SSSR count). The van der Waals surface area contributed by atoms with Crippen LogP contribution in [0.25, 0.3) is 11.3 Å². The molecule has 2 heterocycles. The van der Waals surface area contributed by atoms with Gasteiger partial charge in [0, 0.05) is 30.9 Å². The van der Waals surface area contributed by atoms with Crippen molar-refractivity contribution in [2.45, 2.75) is 25.3 Å². The molecule has 1 saturated heterocycles. The molecule has 2 aromatic rings. The van der Waals surface area contributed by atoms with Gasteiger partial charge in [0.25, 0.3) is 5.91 Å². The molecule has 0 spiro atoms. The minimum atomic E-state index is -0.221. The molecule has 1 aliphatic rings. The number of aliphatic hydroxyl groups is 1. The van der Waals surface area contributed by atoms with Crippen LogP contribution in [0.5, 0.6) is 0 Å². The van der Waals surface area contributed by atoms with E-state index >= 15 is 0 Å². The Morgan fingerprint density at radius 2 is 2.12 bits per heavy atom. The molecule has 0 radical (unpaired) electrons. The Kier molecular flexibility index (Phi) is 6.14. The van der Waals surface area contributed by atoms with E-state index in [1.165, 1.54) is 6.20 Å². The monoisotopic (exact) mass is 355 g/mol. The number of nitrogen functional groups attached to an aromatic ring is 1. The Morgan fingerprint density at radius 3 is 2.88 bits per heavy atom. The first-order valence-electron chi connectivity index (χ1n) is 9.00. The number of hydrogen-bond donors (Lipinski definition) is 3. The second-order valence-electron chi connectivity index (χ2n) is 6.48. The number of benzene rings is 1. The summed E-state index contributed by atoms with van der Waals surface area (Å²) in [6.45, 7) is 2.35. The zero-order chi connectivity index (χ0) is 18.4. The van der Waals surface area contributed by atoms with Gasteiger partial charge in [0.05, 0.1) is 17.9 Å². The predicted molar refractivity (Wildman–Crippen MR) is 101 cm³/mol. The maximum atomic E-state index is 12.6. The number of amides is 1. The first kappa shape index (κ1) is 18.3. The van der Waals surface area contributed by atoms with Gasteiger partial charge in [0.1, 0.15) is 0 Å². The quantitative estimate of drug-likeness (QED) is 0.721. The first-order valence-corrected chi connectivity index (χ1v) is 9.00. The van der Waals surface area contributed by atoms with Crippen molar-refractivity contribution < 1.29 is 9.90 Å². The van der Waals surface area contributed by atoms with Crippen molar-refractivity contribution >= 4 is 11.9 Å². The first-order chi connectivity index (χ1) is 12.7. The van der Waals surface area contributed by atoms with E-state index in [4.69, 9.17) is 5.73 Å². The zero-order valence-electron chi connectivity index (χ0n) is 14.8. The number of nitrogens with one attached hydrogen (secondary N) is 1. The zero-order valence-corrected chi connectivity index (χ0v) is 14.8. The highest BCUT2D eigenvalue weighted by Gasteiger charge is 2.21. The number of aliphatic hydroxyl groups excluding tert-OH is 1. The van der Waals surface area contributed by atoms with Crippen LogP contribution < -0.4 is 11.1 Å². The maximum Gasteiger partial charge on any atom is 0.255 e. The van der Waals surface area contributed by atoms with Gasteiger partial charge in [0.15, 0.2) is 0 Å². The fourth-order valence-electron chi connectivity index (χ4n) is 3.35. The van der Waals surface area contributed by atoms with E-state index in [-0.39, 0.29) is 24.5 Å². The number of aromatic nitrogens is 2. The lowest BCUT2D eigenvalue weighted by atomic mass is 10.0. The van der Waals surface area contributed by atoms with Crippen LogP contribution in [0.4, 0.5) is 5.95 Å². The van der Waals surface area contributed by atoms with Gasteiger partial charge in [-0.25, -0.2) is 9.97 Å². The fourth-order valence-corrected chi connectivity index (χ4v) is 3.35. The smallest absolute Gasteiger partial charge is 0.255 e. The molecule has 1 atom stereocenters. The molecule has 0 unspecified atom stereocenters. The van der Waals surface area contributed by atoms with Crippen LogP contribution in [0.3, 0.4) is 0 Å². The second kappa shape index (κ2) is 8.73. The van der Waals surface area contributed by atoms with Crippen molar-refractivity contribution in [2.24, 2.45) is 0 Å². The molecule has 1 aromatic heterocycles. The molecule has 0 aliphatic carbocycles. The van der Waals surface area contributed by atoms with E-state index < -0.39 is 0 Å². The van der Waals surface area contributed by atoms with E-state index in [2.05, 4.69) is 20.2 Å². The van der Waals surface area contributed by atoms with E-state index in [1.54, 1.807) is 0 Å². The summed E-state index contributed by atoms with van der Waals surface area (Å²) in [7, 11) is 0. The van der Waals surface area contributed by atoms with Crippen molar-refractivity contribution in [1.29, 1.82) is 0 Å². The fraction of sp³-hybridized carbons (Fsp3) is 0.421. The highest BCUT2D eigenvalue weighted by Crippen LogP contribution is 2.21. The third-order valence-corrected chi connectivity index (χ3v) is 4.74. The molecular weight excluding hydrogens is 330 g/mol. The summed E-state index contributed by atoms with van der Waals surface area (Å²) in [6, 6.07) is 9.65. The summed E-state index contributed by atoms with van der Waals surface area (Å²) in [5.41, 5.74) is 7.47. The van der Waals surface area contributed by atoms with E-state index in [0.29, 0.717) is 24.3 Å². The highest BCUT2D eigenvalue weighted by atomic mass is 16.3. The van der Waals surface area contributed by atoms with Gasteiger partial charge in [-0.2, -0.15) is 0 Å². The summed E-state index contributed by atoms with van der Waals surface area (Å²) < 4.78 is 0. The second-order valence-corrected chi connectivity index (χ2v) is 6.48. The molecule has 7 nitrogen and oxygen atoms in total. The number of nitrogens with zero attached hydrogens (tertiary/aromatic N) is 3. The van der Waals surface area contributed by atoms with Crippen LogP contribution in [0.1, 0.15) is 29.6 Å². The SMILES string of the molecule is Nc1ncc(C(=O)NCCN2CCCC[C@H]2CO)c(-c2ccccc2)n1. The number of carbonyl (C=O) groups is 1. The number of hydrogen-bond acceptors (Lipinski definition) is 6. The molecule has 0 saturated carbocycles. The van der Waals surface area contributed by atoms with Gasteiger partial charge in [-0.1, -0.05) is 36.8 Å². The molecule has 4 N–H and O–H groups in total. The van der Waals surface area contributed by atoms with Gasteiger partial charge in [-0.15, -0.1) is 0 Å². The summed E-state index contributed by atoms with van der Waals surface area (Å²) in [5, 5.41) is 12.4. The van der Waals surface area contributed by atoms with E-state index in [0.717, 1.165) is 31.4 Å². The maximum absolute atomic E-state index is 12.6. The van der Waals surface area contributed by atoms with Gasteiger partial charge in [-0.3, -0.25) is 9.69 Å². The van der Waals surface area contributed by atoms with Crippen LogP contribution in [0.2, 0.25) is 0 Å². The van der Waals surface area contributed by atoms with E-state index in [9.17, 15) is 9.90 Å². The van der Waals surface area contributed by atoms with Crippen molar-refractivity contribution in [2.75, 3.05) is 32.0 Å². The lowest BCUT2D eigenvalue weighted by Crippen LogP contribution is -2.45. The summed E-state index contributed by atoms with van der Waals surface area (Å²) in [5.74, 6) is -0.0825. The Balaban J connectivity index is 1.66. The standard InChI is InChI=1S/C19H25N5O2/c20-19-22-12-16(17(23-19)14-6-2-1-3-7-14)18(26)21-9-11-24-10-5-4-8-15(24)13-25/h1-3,6-7,12,15,25H,4-5,8-11,13H2,(H,21,26)(H2,20,22,23)/t15-/m0/s1. The topological polar surface area (TPSA) is 104 Å². The number of piperidine rings is 1. The number of carbonyl (C=O) groups excluding carboxylic acids is 1. The van der Waals surface area contributed by atoms with E-state index in [1.807, 2.05) is 30.3 Å². The van der Waals surface area contributed by atoms with Crippen molar-refractivity contribution in [3.8, 4) is 11.3 Å². The third-order valence-electron chi connectivity index (χ3n) is 4.74. The average molecular weight is 355 g/mol. The predicted octanol–water partition coefficient (Wildman–Crippen LogP) is 1.30. The Bertz CT molecular complexity index is 738. The van der Waals surface area contributed by atoms with Crippen LogP contribution in [0.15, 0.2) is 36.5 Å². The molecular formula is C19H25N5O2. The molecule has 0 bridgehead atoms. The normalized spacial score (nSPS) is 17.8. The Labute approximate surface area is 153 Å². The van der Waals surface area contributed by atoms with Crippen LogP contribution >= 0.6 is 0 Å². The van der Waals surface area contributed by atoms with Crippen LogP contribution in [-0.2, 0) is 0 Å². The minimum Gasteiger partial charge on any atom is -0.395 e. The summed E-state index contributed by atoms with van der Waals surface area (Å²) in [4.78, 5) is 23.1. The molecule has 7 heteroatoms. The largest absolute Gasteiger partial charge is 0.395 e. The van der Waals surface area contributed by atoms with Crippen molar-refractivity contribution in [1.82, 2.24) is 20.2 Å². The minimum absolute atomic E-state index is 0.138. The number of anilines is 1. The van der Waals surface area contributed by atoms with Crippen LogP contribution in [-0.4, -0.2) is 58.2 Å². The highest BCUT2D eigenvalue weighted by molar-refractivity contribution is 5.99. The number of nitrogens with two attached hydrogens (primary N) is 1. The average Bonchev–Trinajstić information content (AvgIpc) is 2.69. The molecule has 1 fully saturated rings. The van der Waals surface area contributed by atoms with Crippen LogP contribution in [0, 0.1) is 0 Å². The molecule has 1 amide bonds. The molecule has 1 aliphatic heterocycles. The Morgan fingerprint density at radius 1 is 1.31 bits per heavy atom. The molecule has 138 valence electrons. The van der Waals surface area contributed by atoms with Gasteiger partial charge < -0.3 is 16.2 Å². The number of rotatable bonds is 6. The number of likely N-dealkylation sites (tertiary alicyclic amines) is 1. The van der Waals surface area contributed by atoms with Crippen molar-refractivity contribution in [3.05, 3.63) is 42.1 Å². The Hall–Kier alpha value is -2.51. The summed E-state index contributed by atoms with van der Waals surface area (Å²) in [6.07, 6.45) is 4.76. The molecule has 26 heavy (non-hydrogen) atoms. The third kappa shape index (κ3) is 4.36. The lowest BCUT2D eigenvalue weighted by Gasteiger charge is -2.34. The van der Waals surface area contributed by atoms with Gasteiger partial charge in [-0.05, 0) is 19.4 Å². The van der Waals surface area contributed by atoms with Crippen molar-refractivity contribution in [3.63, 3.8) is 0 Å². The molecule has 1 aromatic carbocycles. The van der Waals surface area contributed by atoms with Gasteiger partial charge >= 0.3 is 0 Å². The summed E-state index contributed by atoms with van der Waals surface area (Å²) >= 11 is 0. The van der Waals surface area contributed by atoms with Gasteiger partial charge in [0.2, 0.25) is 5.95 Å². The lowest BCUT2D eigenvalue weighted by molar-refractivity contribution is 0.0849.